The first-order chi connectivity index (χ1) is 14.7. The SMILES string of the molecule is O=C(Cn1ccc2cc(-c3ccc(F)cc3)ccc21)NCCNCC1CCCCC1. The fraction of sp³-hybridized carbons (Fsp3) is 0.400. The molecule has 1 saturated carbocycles. The van der Waals surface area contributed by atoms with E-state index >= 15 is 0 Å². The van der Waals surface area contributed by atoms with Gasteiger partial charge >= 0.3 is 0 Å². The van der Waals surface area contributed by atoms with Gasteiger partial charge in [-0.2, -0.15) is 0 Å². The number of amides is 1. The summed E-state index contributed by atoms with van der Waals surface area (Å²) in [5, 5.41) is 7.56. The van der Waals surface area contributed by atoms with Crippen molar-refractivity contribution in [3.05, 3.63) is 60.5 Å². The lowest BCUT2D eigenvalue weighted by atomic mass is 9.89. The number of benzene rings is 2. The zero-order valence-corrected chi connectivity index (χ0v) is 17.4. The highest BCUT2D eigenvalue weighted by molar-refractivity contribution is 5.87. The lowest BCUT2D eigenvalue weighted by Crippen LogP contribution is -2.35. The summed E-state index contributed by atoms with van der Waals surface area (Å²) in [5.74, 6) is 0.594. The highest BCUT2D eigenvalue weighted by Gasteiger charge is 2.12. The lowest BCUT2D eigenvalue weighted by Gasteiger charge is -2.21. The summed E-state index contributed by atoms with van der Waals surface area (Å²) in [7, 11) is 0. The van der Waals surface area contributed by atoms with Gasteiger partial charge in [0.05, 0.1) is 0 Å². The van der Waals surface area contributed by atoms with Crippen LogP contribution in [0.5, 0.6) is 0 Å². The van der Waals surface area contributed by atoms with Crippen LogP contribution in [-0.2, 0) is 11.3 Å². The van der Waals surface area contributed by atoms with Gasteiger partial charge in [0.2, 0.25) is 5.91 Å². The van der Waals surface area contributed by atoms with E-state index in [-0.39, 0.29) is 11.7 Å². The van der Waals surface area contributed by atoms with Crippen LogP contribution in [0.1, 0.15) is 32.1 Å². The molecule has 3 aromatic rings. The Morgan fingerprint density at radius 1 is 0.967 bits per heavy atom. The molecule has 4 nitrogen and oxygen atoms in total. The summed E-state index contributed by atoms with van der Waals surface area (Å²) < 4.78 is 15.1. The third-order valence-corrected chi connectivity index (χ3v) is 6.04. The Balaban J connectivity index is 1.27. The minimum absolute atomic E-state index is 0.0228. The van der Waals surface area contributed by atoms with Crippen LogP contribution in [-0.4, -0.2) is 30.1 Å². The minimum Gasteiger partial charge on any atom is -0.353 e. The van der Waals surface area contributed by atoms with Crippen molar-refractivity contribution < 1.29 is 9.18 Å². The molecule has 1 aliphatic rings. The minimum atomic E-state index is -0.235. The standard InChI is InChI=1S/C25H30FN3O/c26-23-9-6-20(7-10-23)21-8-11-24-22(16-21)12-15-29(24)18-25(30)28-14-13-27-17-19-4-2-1-3-5-19/h6-12,15-16,19,27H,1-5,13-14,17-18H2,(H,28,30). The highest BCUT2D eigenvalue weighted by Crippen LogP contribution is 2.25. The molecule has 1 fully saturated rings. The van der Waals surface area contributed by atoms with Crippen molar-refractivity contribution in [3.8, 4) is 11.1 Å². The molecule has 0 saturated heterocycles. The van der Waals surface area contributed by atoms with Gasteiger partial charge in [0, 0.05) is 30.2 Å². The first-order valence-corrected chi connectivity index (χ1v) is 11.0. The van der Waals surface area contributed by atoms with Crippen molar-refractivity contribution in [2.45, 2.75) is 38.6 Å². The molecule has 2 N–H and O–H groups in total. The van der Waals surface area contributed by atoms with Gasteiger partial charge in [0.1, 0.15) is 12.4 Å². The monoisotopic (exact) mass is 407 g/mol. The molecule has 30 heavy (non-hydrogen) atoms. The predicted molar refractivity (Wildman–Crippen MR) is 120 cm³/mol. The summed E-state index contributed by atoms with van der Waals surface area (Å²) in [6, 6.07) is 14.6. The molecule has 1 heterocycles. The molecule has 158 valence electrons. The van der Waals surface area contributed by atoms with Crippen LogP contribution >= 0.6 is 0 Å². The summed E-state index contributed by atoms with van der Waals surface area (Å²) in [6.07, 6.45) is 8.72. The molecule has 1 aliphatic carbocycles. The molecule has 5 heteroatoms. The Morgan fingerprint density at radius 2 is 1.73 bits per heavy atom. The normalized spacial score (nSPS) is 14.8. The lowest BCUT2D eigenvalue weighted by molar-refractivity contribution is -0.121. The molecule has 0 unspecified atom stereocenters. The fourth-order valence-electron chi connectivity index (χ4n) is 4.36. The average molecular weight is 408 g/mol. The zero-order valence-electron chi connectivity index (χ0n) is 17.4. The van der Waals surface area contributed by atoms with Gasteiger partial charge in [-0.25, -0.2) is 4.39 Å². The molecule has 0 spiro atoms. The first kappa shape index (κ1) is 20.6. The number of carbonyl (C=O) groups is 1. The van der Waals surface area contributed by atoms with E-state index in [1.165, 1.54) is 44.2 Å². The number of nitrogens with zero attached hydrogens (tertiary/aromatic N) is 1. The van der Waals surface area contributed by atoms with Crippen molar-refractivity contribution in [2.75, 3.05) is 19.6 Å². The molecule has 0 bridgehead atoms. The topological polar surface area (TPSA) is 46.1 Å². The van der Waals surface area contributed by atoms with E-state index in [4.69, 9.17) is 0 Å². The Morgan fingerprint density at radius 3 is 2.53 bits per heavy atom. The first-order valence-electron chi connectivity index (χ1n) is 11.0. The molecule has 0 radical (unpaired) electrons. The largest absolute Gasteiger partial charge is 0.353 e. The third-order valence-electron chi connectivity index (χ3n) is 6.04. The summed E-state index contributed by atoms with van der Waals surface area (Å²) in [6.45, 7) is 2.84. The molecule has 0 atom stereocenters. The van der Waals surface area contributed by atoms with Crippen LogP contribution in [0.25, 0.3) is 22.0 Å². The Kier molecular flexibility index (Phi) is 6.80. The van der Waals surface area contributed by atoms with Crippen LogP contribution in [0.2, 0.25) is 0 Å². The number of hydrogen-bond donors (Lipinski definition) is 2. The molecule has 0 aliphatic heterocycles. The van der Waals surface area contributed by atoms with E-state index in [0.717, 1.165) is 41.0 Å². The van der Waals surface area contributed by atoms with Gasteiger partial charge in [-0.15, -0.1) is 0 Å². The fourth-order valence-corrected chi connectivity index (χ4v) is 4.36. The summed E-state index contributed by atoms with van der Waals surface area (Å²) in [4.78, 5) is 12.3. The second-order valence-corrected chi connectivity index (χ2v) is 8.28. The van der Waals surface area contributed by atoms with Crippen LogP contribution in [0, 0.1) is 11.7 Å². The maximum absolute atomic E-state index is 13.2. The van der Waals surface area contributed by atoms with Crippen molar-refractivity contribution in [1.29, 1.82) is 0 Å². The van der Waals surface area contributed by atoms with Gasteiger partial charge in [-0.3, -0.25) is 4.79 Å². The second-order valence-electron chi connectivity index (χ2n) is 8.28. The number of hydrogen-bond acceptors (Lipinski definition) is 2. The molecular weight excluding hydrogens is 377 g/mol. The summed E-state index contributed by atoms with van der Waals surface area (Å²) in [5.41, 5.74) is 3.03. The van der Waals surface area contributed by atoms with Gasteiger partial charge in [-0.05, 0) is 66.8 Å². The van der Waals surface area contributed by atoms with E-state index in [1.54, 1.807) is 12.1 Å². The Bertz CT molecular complexity index is 974. The molecular formula is C25H30FN3O. The average Bonchev–Trinajstić information content (AvgIpc) is 3.16. The van der Waals surface area contributed by atoms with Crippen molar-refractivity contribution in [1.82, 2.24) is 15.2 Å². The van der Waals surface area contributed by atoms with Gasteiger partial charge < -0.3 is 15.2 Å². The second kappa shape index (κ2) is 9.90. The van der Waals surface area contributed by atoms with Crippen LogP contribution in [0.3, 0.4) is 0 Å². The summed E-state index contributed by atoms with van der Waals surface area (Å²) >= 11 is 0. The van der Waals surface area contributed by atoms with Gasteiger partial charge in [0.25, 0.3) is 0 Å². The molecule has 4 rings (SSSR count). The van der Waals surface area contributed by atoms with E-state index in [0.29, 0.717) is 13.1 Å². The molecule has 2 aromatic carbocycles. The van der Waals surface area contributed by atoms with Crippen LogP contribution in [0.4, 0.5) is 4.39 Å². The zero-order chi connectivity index (χ0) is 20.8. The quantitative estimate of drug-likeness (QED) is 0.530. The number of aromatic nitrogens is 1. The Hall–Kier alpha value is -2.66. The van der Waals surface area contributed by atoms with Crippen molar-refractivity contribution in [3.63, 3.8) is 0 Å². The number of carbonyl (C=O) groups excluding carboxylic acids is 1. The van der Waals surface area contributed by atoms with Crippen LogP contribution in [0.15, 0.2) is 54.7 Å². The number of halogens is 1. The number of nitrogens with one attached hydrogen (secondary N) is 2. The van der Waals surface area contributed by atoms with E-state index in [2.05, 4.69) is 16.7 Å². The van der Waals surface area contributed by atoms with E-state index in [1.807, 2.05) is 29.0 Å². The number of fused-ring (bicyclic) bond motifs is 1. The van der Waals surface area contributed by atoms with Gasteiger partial charge in [0.15, 0.2) is 0 Å². The third kappa shape index (κ3) is 5.28. The van der Waals surface area contributed by atoms with Gasteiger partial charge in [-0.1, -0.05) is 37.5 Å². The highest BCUT2D eigenvalue weighted by atomic mass is 19.1. The smallest absolute Gasteiger partial charge is 0.239 e. The predicted octanol–water partition coefficient (Wildman–Crippen LogP) is 4.73. The van der Waals surface area contributed by atoms with Crippen LogP contribution < -0.4 is 10.6 Å². The number of rotatable bonds is 8. The molecule has 1 amide bonds. The maximum atomic E-state index is 13.2. The van der Waals surface area contributed by atoms with Crippen molar-refractivity contribution in [2.24, 2.45) is 5.92 Å². The Labute approximate surface area is 177 Å². The van der Waals surface area contributed by atoms with Crippen molar-refractivity contribution >= 4 is 16.8 Å². The molecule has 1 aromatic heterocycles. The maximum Gasteiger partial charge on any atom is 0.239 e. The van der Waals surface area contributed by atoms with E-state index in [9.17, 15) is 9.18 Å². The van der Waals surface area contributed by atoms with E-state index < -0.39 is 0 Å².